The van der Waals surface area contributed by atoms with E-state index in [0.29, 0.717) is 13.2 Å². The second-order valence-corrected chi connectivity index (χ2v) is 6.47. The van der Waals surface area contributed by atoms with Crippen LogP contribution >= 0.6 is 0 Å². The summed E-state index contributed by atoms with van der Waals surface area (Å²) in [6, 6.07) is 11.7. The molecule has 4 rings (SSSR count). The largest absolute Gasteiger partial charge is 0.503 e. The first-order valence-corrected chi connectivity index (χ1v) is 8.65. The van der Waals surface area contributed by atoms with Crippen LogP contribution in [0.3, 0.4) is 0 Å². The number of nitrogens with zero attached hydrogens (tertiary/aromatic N) is 1. The molecule has 2 unspecified atom stereocenters. The summed E-state index contributed by atoms with van der Waals surface area (Å²) in [5.41, 5.74) is 0.812. The molecule has 0 aliphatic carbocycles. The minimum absolute atomic E-state index is 0.0501. The van der Waals surface area contributed by atoms with Gasteiger partial charge in [0, 0.05) is 13.2 Å². The van der Waals surface area contributed by atoms with Crippen LogP contribution in [0.25, 0.3) is 0 Å². The predicted molar refractivity (Wildman–Crippen MR) is 92.6 cm³/mol. The first-order chi connectivity index (χ1) is 12.7. The number of rotatable bonds is 5. The molecule has 1 aromatic heterocycles. The first-order valence-electron chi connectivity index (χ1n) is 8.65. The maximum atomic E-state index is 12.9. The molecule has 2 aliphatic heterocycles. The van der Waals surface area contributed by atoms with E-state index in [0.717, 1.165) is 18.4 Å². The molecule has 0 bridgehead atoms. The second kappa shape index (κ2) is 6.80. The lowest BCUT2D eigenvalue weighted by Crippen LogP contribution is -2.37. The number of ketones is 1. The van der Waals surface area contributed by atoms with Crippen molar-refractivity contribution >= 4 is 11.7 Å². The van der Waals surface area contributed by atoms with Gasteiger partial charge in [0.05, 0.1) is 24.0 Å². The summed E-state index contributed by atoms with van der Waals surface area (Å²) in [7, 11) is 0. The number of aliphatic hydroxyl groups is 1. The lowest BCUT2D eigenvalue weighted by atomic mass is 9.95. The van der Waals surface area contributed by atoms with Crippen LogP contribution in [0.2, 0.25) is 0 Å². The van der Waals surface area contributed by atoms with Crippen LogP contribution < -0.4 is 0 Å². The highest BCUT2D eigenvalue weighted by Crippen LogP contribution is 2.39. The van der Waals surface area contributed by atoms with Gasteiger partial charge in [-0.3, -0.25) is 9.59 Å². The Balaban J connectivity index is 1.74. The molecule has 1 N–H and O–H groups in total. The third kappa shape index (κ3) is 2.82. The zero-order valence-electron chi connectivity index (χ0n) is 14.1. The highest BCUT2D eigenvalue weighted by atomic mass is 16.5. The number of carbonyl (C=O) groups excluding carboxylic acids is 2. The fourth-order valence-corrected chi connectivity index (χ4v) is 3.60. The average Bonchev–Trinajstić information content (AvgIpc) is 3.40. The molecule has 0 radical (unpaired) electrons. The second-order valence-electron chi connectivity index (χ2n) is 6.47. The molecular weight excluding hydrogens is 334 g/mol. The topological polar surface area (TPSA) is 80.0 Å². The Hall–Kier alpha value is -2.86. The normalized spacial score (nSPS) is 23.1. The van der Waals surface area contributed by atoms with Crippen molar-refractivity contribution < 1.29 is 23.8 Å². The van der Waals surface area contributed by atoms with E-state index in [4.69, 9.17) is 9.15 Å². The molecule has 1 fully saturated rings. The van der Waals surface area contributed by atoms with Gasteiger partial charge in [-0.05, 0) is 30.5 Å². The quantitative estimate of drug-likeness (QED) is 0.836. The molecule has 134 valence electrons. The third-order valence-corrected chi connectivity index (χ3v) is 4.83. The molecule has 3 heterocycles. The Morgan fingerprint density at radius 2 is 2.00 bits per heavy atom. The van der Waals surface area contributed by atoms with Gasteiger partial charge < -0.3 is 19.2 Å². The SMILES string of the molecule is O=C(C1=C(O)C(=O)N(CC2CCCO2)C1c1ccccc1)c1ccco1. The number of ether oxygens (including phenoxy) is 1. The maximum Gasteiger partial charge on any atom is 0.290 e. The fraction of sp³-hybridized carbons (Fsp3) is 0.300. The number of aliphatic hydroxyl groups excluding tert-OH is 1. The molecule has 6 heteroatoms. The van der Waals surface area contributed by atoms with Crippen molar-refractivity contribution in [3.63, 3.8) is 0 Å². The zero-order chi connectivity index (χ0) is 18.1. The molecule has 2 aromatic rings. The Bertz CT molecular complexity index is 834. The number of benzene rings is 1. The molecule has 1 aromatic carbocycles. The Morgan fingerprint density at radius 1 is 1.19 bits per heavy atom. The average molecular weight is 353 g/mol. The number of Topliss-reactive ketones (excluding diaryl/α,β-unsaturated/α-hetero) is 1. The van der Waals surface area contributed by atoms with E-state index in [1.165, 1.54) is 17.2 Å². The van der Waals surface area contributed by atoms with Crippen molar-refractivity contribution in [2.45, 2.75) is 25.0 Å². The monoisotopic (exact) mass is 353 g/mol. The van der Waals surface area contributed by atoms with Crippen LogP contribution in [0.5, 0.6) is 0 Å². The summed E-state index contributed by atoms with van der Waals surface area (Å²) in [5, 5.41) is 10.5. The number of hydrogen-bond donors (Lipinski definition) is 1. The fourth-order valence-electron chi connectivity index (χ4n) is 3.60. The molecule has 1 amide bonds. The molecule has 0 spiro atoms. The predicted octanol–water partition coefficient (Wildman–Crippen LogP) is 3.04. The van der Waals surface area contributed by atoms with Gasteiger partial charge >= 0.3 is 0 Å². The minimum atomic E-state index is -0.662. The van der Waals surface area contributed by atoms with Crippen molar-refractivity contribution in [1.82, 2.24) is 4.90 Å². The van der Waals surface area contributed by atoms with Crippen molar-refractivity contribution in [3.05, 3.63) is 71.4 Å². The van der Waals surface area contributed by atoms with E-state index in [-0.39, 0.29) is 17.4 Å². The summed E-state index contributed by atoms with van der Waals surface area (Å²) < 4.78 is 10.8. The van der Waals surface area contributed by atoms with Crippen molar-refractivity contribution in [2.24, 2.45) is 0 Å². The van der Waals surface area contributed by atoms with Crippen LogP contribution in [0.4, 0.5) is 0 Å². The van der Waals surface area contributed by atoms with E-state index in [1.807, 2.05) is 30.3 Å². The van der Waals surface area contributed by atoms with Gasteiger partial charge in [0.15, 0.2) is 11.5 Å². The molecule has 6 nitrogen and oxygen atoms in total. The van der Waals surface area contributed by atoms with Crippen LogP contribution in [0, 0.1) is 0 Å². The van der Waals surface area contributed by atoms with Gasteiger partial charge in [-0.1, -0.05) is 30.3 Å². The van der Waals surface area contributed by atoms with Gasteiger partial charge in [-0.2, -0.15) is 0 Å². The first kappa shape index (κ1) is 16.6. The third-order valence-electron chi connectivity index (χ3n) is 4.83. The Morgan fingerprint density at radius 3 is 2.65 bits per heavy atom. The molecular formula is C20H19NO5. The molecule has 26 heavy (non-hydrogen) atoms. The van der Waals surface area contributed by atoms with E-state index >= 15 is 0 Å². The summed E-state index contributed by atoms with van der Waals surface area (Å²) in [6.45, 7) is 0.998. The van der Waals surface area contributed by atoms with Crippen LogP contribution in [0.15, 0.2) is 64.5 Å². The minimum Gasteiger partial charge on any atom is -0.503 e. The van der Waals surface area contributed by atoms with Gasteiger partial charge in [-0.25, -0.2) is 0 Å². The number of hydrogen-bond acceptors (Lipinski definition) is 5. The number of carbonyl (C=O) groups is 2. The van der Waals surface area contributed by atoms with Crippen LogP contribution in [0.1, 0.15) is 35.0 Å². The summed E-state index contributed by atoms with van der Waals surface area (Å²) in [4.78, 5) is 27.2. The Labute approximate surface area is 150 Å². The lowest BCUT2D eigenvalue weighted by Gasteiger charge is -2.28. The van der Waals surface area contributed by atoms with Gasteiger partial charge in [0.2, 0.25) is 5.78 Å². The lowest BCUT2D eigenvalue weighted by molar-refractivity contribution is -0.131. The smallest absolute Gasteiger partial charge is 0.290 e. The number of amides is 1. The van der Waals surface area contributed by atoms with Crippen molar-refractivity contribution in [1.29, 1.82) is 0 Å². The van der Waals surface area contributed by atoms with E-state index in [1.54, 1.807) is 6.07 Å². The molecule has 0 saturated carbocycles. The van der Waals surface area contributed by atoms with Crippen molar-refractivity contribution in [2.75, 3.05) is 13.2 Å². The van der Waals surface area contributed by atoms with E-state index in [2.05, 4.69) is 0 Å². The van der Waals surface area contributed by atoms with Crippen molar-refractivity contribution in [3.8, 4) is 0 Å². The highest BCUT2D eigenvalue weighted by Gasteiger charge is 2.45. The van der Waals surface area contributed by atoms with E-state index in [9.17, 15) is 14.7 Å². The van der Waals surface area contributed by atoms with Crippen LogP contribution in [-0.2, 0) is 9.53 Å². The summed E-state index contributed by atoms with van der Waals surface area (Å²) >= 11 is 0. The Kier molecular flexibility index (Phi) is 4.34. The standard InChI is InChI=1S/C20H19NO5/c22-18(15-9-5-11-26-15)16-17(13-6-2-1-3-7-13)21(20(24)19(16)23)12-14-8-4-10-25-14/h1-3,5-7,9,11,14,17,23H,4,8,10,12H2. The maximum absolute atomic E-state index is 12.9. The number of furan rings is 1. The van der Waals surface area contributed by atoms with Gasteiger partial charge in [0.25, 0.3) is 5.91 Å². The van der Waals surface area contributed by atoms with Crippen LogP contribution in [-0.4, -0.2) is 41.0 Å². The highest BCUT2D eigenvalue weighted by molar-refractivity contribution is 6.15. The molecule has 2 aliphatic rings. The molecule has 2 atom stereocenters. The molecule has 1 saturated heterocycles. The zero-order valence-corrected chi connectivity index (χ0v) is 14.1. The van der Waals surface area contributed by atoms with E-state index < -0.39 is 23.5 Å². The van der Waals surface area contributed by atoms with Gasteiger partial charge in [-0.15, -0.1) is 0 Å². The summed E-state index contributed by atoms with van der Waals surface area (Å²) in [6.07, 6.45) is 3.10. The summed E-state index contributed by atoms with van der Waals surface area (Å²) in [5.74, 6) is -1.45. The van der Waals surface area contributed by atoms with Gasteiger partial charge in [0.1, 0.15) is 0 Å².